The Kier molecular flexibility index (Phi) is 6.68. The van der Waals surface area contributed by atoms with E-state index in [-0.39, 0.29) is 24.9 Å². The number of hydrogen-bond donors (Lipinski definition) is 3. The molecule has 0 spiro atoms. The summed E-state index contributed by atoms with van der Waals surface area (Å²) in [5, 5.41) is 12.8. The van der Waals surface area contributed by atoms with Gasteiger partial charge < -0.3 is 20.9 Å². The molecule has 0 amide bonds. The predicted octanol–water partition coefficient (Wildman–Crippen LogP) is 3.49. The van der Waals surface area contributed by atoms with Crippen molar-refractivity contribution in [1.82, 2.24) is 0 Å². The smallest absolute Gasteiger partial charge is 0.416 e. The number of aliphatic imine (C=N–C) groups is 1. The number of benzene rings is 2. The number of guanidine groups is 1. The van der Waals surface area contributed by atoms with Crippen LogP contribution in [0.2, 0.25) is 0 Å². The van der Waals surface area contributed by atoms with Crippen LogP contribution in [0.5, 0.6) is 5.75 Å². The van der Waals surface area contributed by atoms with E-state index in [1.54, 1.807) is 0 Å². The van der Waals surface area contributed by atoms with E-state index in [1.807, 2.05) is 32.0 Å². The van der Waals surface area contributed by atoms with Crippen LogP contribution in [0.1, 0.15) is 16.7 Å². The van der Waals surface area contributed by atoms with Crippen LogP contribution in [-0.2, 0) is 6.18 Å². The van der Waals surface area contributed by atoms with Crippen molar-refractivity contribution in [2.75, 3.05) is 18.5 Å². The van der Waals surface area contributed by atoms with E-state index in [2.05, 4.69) is 10.3 Å². The Labute approximate surface area is 155 Å². The normalized spacial score (nSPS) is 13.3. The summed E-state index contributed by atoms with van der Waals surface area (Å²) in [7, 11) is 0. The summed E-state index contributed by atoms with van der Waals surface area (Å²) in [6.45, 7) is 3.86. The van der Waals surface area contributed by atoms with Crippen molar-refractivity contribution in [2.24, 2.45) is 10.7 Å². The van der Waals surface area contributed by atoms with Crippen molar-refractivity contribution in [2.45, 2.75) is 26.1 Å². The molecule has 27 heavy (non-hydrogen) atoms. The maximum atomic E-state index is 12.5. The van der Waals surface area contributed by atoms with E-state index < -0.39 is 17.8 Å². The lowest BCUT2D eigenvalue weighted by Gasteiger charge is -2.12. The molecule has 4 N–H and O–H groups in total. The average Bonchev–Trinajstić information content (AvgIpc) is 2.61. The molecule has 146 valence electrons. The SMILES string of the molecule is Cc1ccc(NC(N)=NCC(O)COc2ccc(C(F)(F)F)cc2)cc1C. The van der Waals surface area contributed by atoms with E-state index in [0.717, 1.165) is 28.9 Å². The zero-order chi connectivity index (χ0) is 20.0. The Hall–Kier alpha value is -2.74. The predicted molar refractivity (Wildman–Crippen MR) is 99.0 cm³/mol. The van der Waals surface area contributed by atoms with Crippen molar-refractivity contribution in [1.29, 1.82) is 0 Å². The second kappa shape index (κ2) is 8.77. The van der Waals surface area contributed by atoms with Gasteiger partial charge in [-0.05, 0) is 61.4 Å². The van der Waals surface area contributed by atoms with Crippen LogP contribution in [0.25, 0.3) is 0 Å². The molecule has 2 rings (SSSR count). The summed E-state index contributed by atoms with van der Waals surface area (Å²) in [5.74, 6) is 0.374. The minimum Gasteiger partial charge on any atom is -0.491 e. The summed E-state index contributed by atoms with van der Waals surface area (Å²) in [5.41, 5.74) is 8.08. The lowest BCUT2D eigenvalue weighted by atomic mass is 10.1. The molecular formula is C19H22F3N3O2. The number of nitrogens with zero attached hydrogens (tertiary/aromatic N) is 1. The minimum atomic E-state index is -4.40. The number of aliphatic hydroxyl groups is 1. The van der Waals surface area contributed by atoms with Gasteiger partial charge in [0, 0.05) is 5.69 Å². The number of hydrogen-bond acceptors (Lipinski definition) is 3. The van der Waals surface area contributed by atoms with E-state index in [1.165, 1.54) is 12.1 Å². The molecule has 0 aliphatic heterocycles. The monoisotopic (exact) mass is 381 g/mol. The van der Waals surface area contributed by atoms with Crippen LogP contribution in [0.4, 0.5) is 18.9 Å². The molecule has 2 aromatic carbocycles. The summed E-state index contributed by atoms with van der Waals surface area (Å²) in [6, 6.07) is 10.0. The Morgan fingerprint density at radius 3 is 2.41 bits per heavy atom. The molecule has 1 atom stereocenters. The molecule has 2 aromatic rings. The topological polar surface area (TPSA) is 79.9 Å². The third-order valence-corrected chi connectivity index (χ3v) is 3.88. The van der Waals surface area contributed by atoms with Crippen molar-refractivity contribution in [3.63, 3.8) is 0 Å². The zero-order valence-electron chi connectivity index (χ0n) is 15.0. The molecule has 0 aliphatic rings. The van der Waals surface area contributed by atoms with Gasteiger partial charge in [0.05, 0.1) is 12.1 Å². The standard InChI is InChI=1S/C19H22F3N3O2/c1-12-3-6-15(9-13(12)2)25-18(23)24-10-16(26)11-27-17-7-4-14(5-8-17)19(20,21)22/h3-9,16,26H,10-11H2,1-2H3,(H3,23,24,25). The van der Waals surface area contributed by atoms with Crippen LogP contribution >= 0.6 is 0 Å². The van der Waals surface area contributed by atoms with Gasteiger partial charge in [-0.3, -0.25) is 4.99 Å². The fourth-order valence-corrected chi connectivity index (χ4v) is 2.20. The molecule has 0 saturated heterocycles. The van der Waals surface area contributed by atoms with Crippen LogP contribution in [0.15, 0.2) is 47.5 Å². The molecule has 0 saturated carbocycles. The largest absolute Gasteiger partial charge is 0.491 e. The zero-order valence-corrected chi connectivity index (χ0v) is 15.0. The van der Waals surface area contributed by atoms with Gasteiger partial charge in [0.2, 0.25) is 0 Å². The Balaban J connectivity index is 1.81. The van der Waals surface area contributed by atoms with Crippen molar-refractivity contribution in [3.8, 4) is 5.75 Å². The van der Waals surface area contributed by atoms with Gasteiger partial charge in [-0.2, -0.15) is 13.2 Å². The van der Waals surface area contributed by atoms with Crippen LogP contribution in [0.3, 0.4) is 0 Å². The Morgan fingerprint density at radius 1 is 1.15 bits per heavy atom. The van der Waals surface area contributed by atoms with Gasteiger partial charge in [0.15, 0.2) is 5.96 Å². The van der Waals surface area contributed by atoms with Crippen LogP contribution < -0.4 is 15.8 Å². The molecule has 0 radical (unpaired) electrons. The first-order chi connectivity index (χ1) is 12.6. The fourth-order valence-electron chi connectivity index (χ4n) is 2.20. The van der Waals surface area contributed by atoms with Gasteiger partial charge in [0.1, 0.15) is 18.5 Å². The number of nitrogens with two attached hydrogens (primary N) is 1. The number of anilines is 1. The Bertz CT molecular complexity index is 790. The second-order valence-electron chi connectivity index (χ2n) is 6.14. The fraction of sp³-hybridized carbons (Fsp3) is 0.316. The molecular weight excluding hydrogens is 359 g/mol. The first-order valence-electron chi connectivity index (χ1n) is 8.27. The molecule has 0 aromatic heterocycles. The Morgan fingerprint density at radius 2 is 1.81 bits per heavy atom. The van der Waals surface area contributed by atoms with Crippen molar-refractivity contribution in [3.05, 3.63) is 59.2 Å². The minimum absolute atomic E-state index is 0.00961. The second-order valence-corrected chi connectivity index (χ2v) is 6.14. The maximum Gasteiger partial charge on any atom is 0.416 e. The van der Waals surface area contributed by atoms with Crippen LogP contribution in [-0.4, -0.2) is 30.3 Å². The summed E-state index contributed by atoms with van der Waals surface area (Å²) < 4.78 is 42.8. The molecule has 0 aliphatic carbocycles. The highest BCUT2D eigenvalue weighted by atomic mass is 19.4. The quantitative estimate of drug-likeness (QED) is 0.529. The number of ether oxygens (including phenoxy) is 1. The third kappa shape index (κ3) is 6.49. The molecule has 8 heteroatoms. The van der Waals surface area contributed by atoms with Gasteiger partial charge in [-0.1, -0.05) is 6.07 Å². The molecule has 0 fully saturated rings. The van der Waals surface area contributed by atoms with Gasteiger partial charge in [0.25, 0.3) is 0 Å². The lowest BCUT2D eigenvalue weighted by Crippen LogP contribution is -2.27. The summed E-state index contributed by atoms with van der Waals surface area (Å²) >= 11 is 0. The van der Waals surface area contributed by atoms with Crippen LogP contribution in [0, 0.1) is 13.8 Å². The molecule has 0 bridgehead atoms. The summed E-state index contributed by atoms with van der Waals surface area (Å²) in [4.78, 5) is 4.03. The highest BCUT2D eigenvalue weighted by Gasteiger charge is 2.30. The average molecular weight is 381 g/mol. The first kappa shape index (κ1) is 20.6. The van der Waals surface area contributed by atoms with Gasteiger partial charge >= 0.3 is 6.18 Å². The first-order valence-corrected chi connectivity index (χ1v) is 8.27. The van der Waals surface area contributed by atoms with Gasteiger partial charge in [-0.25, -0.2) is 0 Å². The van der Waals surface area contributed by atoms with E-state index >= 15 is 0 Å². The highest BCUT2D eigenvalue weighted by Crippen LogP contribution is 2.30. The number of aryl methyl sites for hydroxylation is 2. The number of alkyl halides is 3. The number of rotatable bonds is 6. The number of halogens is 3. The highest BCUT2D eigenvalue weighted by molar-refractivity contribution is 5.92. The number of nitrogens with one attached hydrogen (secondary N) is 1. The van der Waals surface area contributed by atoms with Crippen molar-refractivity contribution < 1.29 is 23.0 Å². The van der Waals surface area contributed by atoms with Gasteiger partial charge in [-0.15, -0.1) is 0 Å². The molecule has 5 nitrogen and oxygen atoms in total. The summed E-state index contributed by atoms with van der Waals surface area (Å²) in [6.07, 6.45) is -5.35. The lowest BCUT2D eigenvalue weighted by molar-refractivity contribution is -0.137. The third-order valence-electron chi connectivity index (χ3n) is 3.88. The number of aliphatic hydroxyl groups excluding tert-OH is 1. The molecule has 0 heterocycles. The van der Waals surface area contributed by atoms with E-state index in [4.69, 9.17) is 10.5 Å². The molecule has 1 unspecified atom stereocenters. The van der Waals surface area contributed by atoms with Crippen molar-refractivity contribution >= 4 is 11.6 Å². The van der Waals surface area contributed by atoms with E-state index in [9.17, 15) is 18.3 Å². The van der Waals surface area contributed by atoms with E-state index in [0.29, 0.717) is 0 Å². The maximum absolute atomic E-state index is 12.5.